The van der Waals surface area contributed by atoms with Crippen molar-refractivity contribution in [1.82, 2.24) is 20.4 Å². The number of guanidine groups is 1. The van der Waals surface area contributed by atoms with E-state index in [0.717, 1.165) is 55.4 Å². The zero-order valence-corrected chi connectivity index (χ0v) is 19.0. The Bertz CT molecular complexity index is 703. The second-order valence-corrected chi connectivity index (χ2v) is 6.64. The number of aliphatic imine (C=N–C) groups is 1. The van der Waals surface area contributed by atoms with Crippen LogP contribution in [0.4, 0.5) is 0 Å². The molecule has 0 bridgehead atoms. The van der Waals surface area contributed by atoms with E-state index in [-0.39, 0.29) is 24.0 Å². The van der Waals surface area contributed by atoms with Crippen LogP contribution >= 0.6 is 47.2 Å². The minimum atomic E-state index is 0. The first kappa shape index (κ1) is 23.0. The Morgan fingerprint density at radius 2 is 2.04 bits per heavy atom. The minimum Gasteiger partial charge on any atom is -0.357 e. The summed E-state index contributed by atoms with van der Waals surface area (Å²) in [7, 11) is 1.93. The second kappa shape index (κ2) is 12.4. The first-order valence-corrected chi connectivity index (χ1v) is 9.27. The maximum Gasteiger partial charge on any atom is 0.191 e. The normalized spacial score (nSPS) is 11.2. The van der Waals surface area contributed by atoms with E-state index in [1.54, 1.807) is 6.07 Å². The molecule has 0 aliphatic rings. The van der Waals surface area contributed by atoms with Crippen molar-refractivity contribution in [1.29, 1.82) is 0 Å². The number of benzene rings is 1. The molecule has 0 fully saturated rings. The van der Waals surface area contributed by atoms with Crippen LogP contribution in [0, 0.1) is 0 Å². The molecule has 2 N–H and O–H groups in total. The Hall–Kier alpha value is -0.990. The summed E-state index contributed by atoms with van der Waals surface area (Å²) >= 11 is 12.1. The molecule has 0 saturated heterocycles. The highest BCUT2D eigenvalue weighted by atomic mass is 127. The smallest absolute Gasteiger partial charge is 0.191 e. The third kappa shape index (κ3) is 8.14. The van der Waals surface area contributed by atoms with E-state index < -0.39 is 0 Å². The molecule has 0 spiro atoms. The first-order chi connectivity index (χ1) is 12.1. The van der Waals surface area contributed by atoms with Crippen LogP contribution < -0.4 is 10.6 Å². The molecule has 2 rings (SSSR count). The van der Waals surface area contributed by atoms with Crippen molar-refractivity contribution >= 4 is 53.1 Å². The lowest BCUT2D eigenvalue weighted by atomic mass is 10.1. The van der Waals surface area contributed by atoms with Crippen LogP contribution in [0.5, 0.6) is 0 Å². The lowest BCUT2D eigenvalue weighted by Gasteiger charge is -2.11. The van der Waals surface area contributed by atoms with Gasteiger partial charge in [-0.3, -0.25) is 9.67 Å². The largest absolute Gasteiger partial charge is 0.357 e. The zero-order valence-electron chi connectivity index (χ0n) is 15.1. The van der Waals surface area contributed by atoms with E-state index >= 15 is 0 Å². The predicted molar refractivity (Wildman–Crippen MR) is 121 cm³/mol. The van der Waals surface area contributed by atoms with Crippen molar-refractivity contribution in [2.75, 3.05) is 19.6 Å². The van der Waals surface area contributed by atoms with Crippen LogP contribution in [0.1, 0.15) is 24.5 Å². The number of aromatic nitrogens is 2. The molecular weight excluding hydrogens is 484 g/mol. The highest BCUT2D eigenvalue weighted by Gasteiger charge is 2.02. The predicted octanol–water partition coefficient (Wildman–Crippen LogP) is 4.08. The van der Waals surface area contributed by atoms with Gasteiger partial charge in [0.15, 0.2) is 5.96 Å². The number of rotatable bonds is 8. The average Bonchev–Trinajstić information content (AvgIpc) is 2.98. The number of nitrogens with zero attached hydrogens (tertiary/aromatic N) is 3. The molecule has 26 heavy (non-hydrogen) atoms. The third-order valence-corrected chi connectivity index (χ3v) is 4.28. The van der Waals surface area contributed by atoms with Crippen LogP contribution in [0.2, 0.25) is 10.0 Å². The number of hydrogen-bond acceptors (Lipinski definition) is 2. The third-order valence-electron chi connectivity index (χ3n) is 3.70. The van der Waals surface area contributed by atoms with Crippen LogP contribution in [0.15, 0.2) is 35.6 Å². The molecule has 1 heterocycles. The van der Waals surface area contributed by atoms with E-state index in [9.17, 15) is 0 Å². The minimum absolute atomic E-state index is 0. The Labute approximate surface area is 182 Å². The van der Waals surface area contributed by atoms with Crippen molar-refractivity contribution in [3.05, 3.63) is 51.8 Å². The van der Waals surface area contributed by atoms with Gasteiger partial charge in [-0.05, 0) is 49.4 Å². The van der Waals surface area contributed by atoms with Crippen molar-refractivity contribution < 1.29 is 0 Å². The van der Waals surface area contributed by atoms with E-state index in [2.05, 4.69) is 27.6 Å². The van der Waals surface area contributed by atoms with E-state index in [0.29, 0.717) is 5.02 Å². The molecule has 144 valence electrons. The fourth-order valence-corrected chi connectivity index (χ4v) is 2.96. The van der Waals surface area contributed by atoms with Gasteiger partial charge in [0, 0.05) is 42.9 Å². The monoisotopic (exact) mass is 509 g/mol. The highest BCUT2D eigenvalue weighted by Crippen LogP contribution is 2.21. The van der Waals surface area contributed by atoms with Crippen molar-refractivity contribution in [3.63, 3.8) is 0 Å². The molecule has 1 aromatic heterocycles. The van der Waals surface area contributed by atoms with Crippen LogP contribution in [-0.4, -0.2) is 35.4 Å². The fraction of sp³-hybridized carbons (Fsp3) is 0.444. The van der Waals surface area contributed by atoms with E-state index in [4.69, 9.17) is 23.2 Å². The van der Waals surface area contributed by atoms with Gasteiger partial charge in [0.25, 0.3) is 0 Å². The Morgan fingerprint density at radius 1 is 1.23 bits per heavy atom. The molecule has 8 heteroatoms. The van der Waals surface area contributed by atoms with Gasteiger partial charge in [-0.1, -0.05) is 29.3 Å². The zero-order chi connectivity index (χ0) is 18.1. The Morgan fingerprint density at radius 3 is 2.69 bits per heavy atom. The standard InChI is InChI=1S/C18H25Cl2N5.HI/c1-3-21-18(23-10-8-14-12-24-25(2)13-14)22-9-4-5-15-6-7-16(19)11-17(15)20;/h6-7,11-13H,3-5,8-10H2,1-2H3,(H2,21,22,23);1H. The fourth-order valence-electron chi connectivity index (χ4n) is 2.45. The molecule has 0 aliphatic heterocycles. The summed E-state index contributed by atoms with van der Waals surface area (Å²) in [4.78, 5) is 4.62. The molecule has 2 aromatic rings. The van der Waals surface area contributed by atoms with Crippen molar-refractivity contribution in [3.8, 4) is 0 Å². The van der Waals surface area contributed by atoms with Gasteiger partial charge in [0.1, 0.15) is 0 Å². The highest BCUT2D eigenvalue weighted by molar-refractivity contribution is 14.0. The lowest BCUT2D eigenvalue weighted by molar-refractivity contribution is 0.763. The quantitative estimate of drug-likeness (QED) is 0.244. The summed E-state index contributed by atoms with van der Waals surface area (Å²) in [5, 5.41) is 12.2. The topological polar surface area (TPSA) is 54.2 Å². The van der Waals surface area contributed by atoms with Crippen molar-refractivity contribution in [2.24, 2.45) is 12.0 Å². The molecule has 0 amide bonds. The maximum absolute atomic E-state index is 6.20. The molecule has 0 radical (unpaired) electrons. The molecule has 0 aliphatic carbocycles. The first-order valence-electron chi connectivity index (χ1n) is 8.52. The van der Waals surface area contributed by atoms with Crippen LogP contribution in [0.25, 0.3) is 0 Å². The second-order valence-electron chi connectivity index (χ2n) is 5.80. The summed E-state index contributed by atoms with van der Waals surface area (Å²) in [6.07, 6.45) is 6.65. The van der Waals surface area contributed by atoms with E-state index in [1.165, 1.54) is 5.56 Å². The number of hydrogen-bond donors (Lipinski definition) is 2. The molecule has 0 unspecified atom stereocenters. The number of nitrogens with one attached hydrogen (secondary N) is 2. The van der Waals surface area contributed by atoms with Gasteiger partial charge in [0.2, 0.25) is 0 Å². The van der Waals surface area contributed by atoms with Gasteiger partial charge in [-0.25, -0.2) is 0 Å². The van der Waals surface area contributed by atoms with Crippen LogP contribution in [-0.2, 0) is 19.9 Å². The van der Waals surface area contributed by atoms with Gasteiger partial charge in [-0.15, -0.1) is 24.0 Å². The summed E-state index contributed by atoms with van der Waals surface area (Å²) in [5.74, 6) is 0.841. The van der Waals surface area contributed by atoms with Crippen LogP contribution in [0.3, 0.4) is 0 Å². The summed E-state index contributed by atoms with van der Waals surface area (Å²) in [6.45, 7) is 4.45. The summed E-state index contributed by atoms with van der Waals surface area (Å²) in [5.41, 5.74) is 2.32. The molecule has 0 atom stereocenters. The lowest BCUT2D eigenvalue weighted by Crippen LogP contribution is -2.38. The number of halogens is 3. The number of aryl methyl sites for hydroxylation is 2. The molecule has 0 saturated carbocycles. The van der Waals surface area contributed by atoms with Gasteiger partial charge < -0.3 is 10.6 Å². The van der Waals surface area contributed by atoms with Gasteiger partial charge in [-0.2, -0.15) is 5.10 Å². The SMILES string of the molecule is CCNC(=NCCCc1ccc(Cl)cc1Cl)NCCc1cnn(C)c1.I. The molecular formula is C18H26Cl2IN5. The van der Waals surface area contributed by atoms with Gasteiger partial charge >= 0.3 is 0 Å². The summed E-state index contributed by atoms with van der Waals surface area (Å²) in [6, 6.07) is 5.63. The Kier molecular flexibility index (Phi) is 11.0. The van der Waals surface area contributed by atoms with Gasteiger partial charge in [0.05, 0.1) is 6.20 Å². The Balaban J connectivity index is 0.00000338. The molecule has 5 nitrogen and oxygen atoms in total. The average molecular weight is 510 g/mol. The molecule has 1 aromatic carbocycles. The summed E-state index contributed by atoms with van der Waals surface area (Å²) < 4.78 is 1.82. The van der Waals surface area contributed by atoms with Crippen molar-refractivity contribution in [2.45, 2.75) is 26.2 Å². The van der Waals surface area contributed by atoms with E-state index in [1.807, 2.05) is 36.3 Å². The maximum atomic E-state index is 6.20.